The predicted molar refractivity (Wildman–Crippen MR) is 83.0 cm³/mol. The van der Waals surface area contributed by atoms with Gasteiger partial charge in [-0.15, -0.1) is 11.3 Å². The highest BCUT2D eigenvalue weighted by molar-refractivity contribution is 9.10. The first kappa shape index (κ1) is 14.0. The molecule has 1 aromatic heterocycles. The minimum Gasteiger partial charge on any atom is -0.267 e. The number of hydrogen-bond donors (Lipinski definition) is 1. The van der Waals surface area contributed by atoms with Gasteiger partial charge in [0.1, 0.15) is 0 Å². The average molecular weight is 337 g/mol. The normalized spacial score (nSPS) is 10.9. The lowest BCUT2D eigenvalue weighted by molar-refractivity contribution is 0.0955. The van der Waals surface area contributed by atoms with Crippen LogP contribution in [0.1, 0.15) is 25.7 Å². The lowest BCUT2D eigenvalue weighted by Gasteiger charge is -2.02. The molecule has 0 atom stereocenters. The Morgan fingerprint density at radius 1 is 1.32 bits per heavy atom. The molecule has 0 radical (unpaired) electrons. The maximum atomic E-state index is 11.9. The Balaban J connectivity index is 2.01. The van der Waals surface area contributed by atoms with Crippen LogP contribution < -0.4 is 5.43 Å². The molecule has 0 aliphatic rings. The summed E-state index contributed by atoms with van der Waals surface area (Å²) < 4.78 is 0.915. The number of carbonyl (C=O) groups excluding carboxylic acids is 1. The molecule has 0 unspecified atom stereocenters. The van der Waals surface area contributed by atoms with Gasteiger partial charge in [0.2, 0.25) is 0 Å². The van der Waals surface area contributed by atoms with Gasteiger partial charge >= 0.3 is 0 Å². The summed E-state index contributed by atoms with van der Waals surface area (Å²) in [5, 5.41) is 3.95. The van der Waals surface area contributed by atoms with Crippen LogP contribution in [-0.4, -0.2) is 12.1 Å². The molecule has 3 nitrogen and oxygen atoms in total. The number of benzene rings is 1. The van der Waals surface area contributed by atoms with Crippen LogP contribution in [0, 0.1) is 13.8 Å². The minimum absolute atomic E-state index is 0.217. The summed E-state index contributed by atoms with van der Waals surface area (Å²) >= 11 is 5.04. The smallest absolute Gasteiger partial charge is 0.267 e. The minimum atomic E-state index is -0.217. The molecule has 0 saturated carbocycles. The maximum Gasteiger partial charge on any atom is 0.271 e. The van der Waals surface area contributed by atoms with Crippen molar-refractivity contribution in [1.82, 2.24) is 5.43 Å². The number of hydrogen-bond acceptors (Lipinski definition) is 3. The standard InChI is InChI=1S/C14H13BrN2OS/c1-9-3-5-11(7-13(9)15)14(18)17-16-8-12-6-4-10(2)19-12/h3-8H,1-2H3,(H,17,18)/b16-8+. The first-order valence-corrected chi connectivity index (χ1v) is 7.33. The Kier molecular flexibility index (Phi) is 4.50. The van der Waals surface area contributed by atoms with Gasteiger partial charge in [0.25, 0.3) is 5.91 Å². The van der Waals surface area contributed by atoms with Crippen LogP contribution in [-0.2, 0) is 0 Å². The summed E-state index contributed by atoms with van der Waals surface area (Å²) in [7, 11) is 0. The summed E-state index contributed by atoms with van der Waals surface area (Å²) in [6, 6.07) is 9.45. The topological polar surface area (TPSA) is 41.5 Å². The molecule has 98 valence electrons. The van der Waals surface area contributed by atoms with Crippen molar-refractivity contribution in [2.24, 2.45) is 5.10 Å². The quantitative estimate of drug-likeness (QED) is 0.670. The van der Waals surface area contributed by atoms with Crippen molar-refractivity contribution in [3.8, 4) is 0 Å². The second-order valence-corrected chi connectivity index (χ2v) is 6.29. The molecule has 1 N–H and O–H groups in total. The van der Waals surface area contributed by atoms with Crippen LogP contribution in [0.3, 0.4) is 0 Å². The maximum absolute atomic E-state index is 11.9. The van der Waals surface area contributed by atoms with E-state index in [9.17, 15) is 4.79 Å². The third-order valence-electron chi connectivity index (χ3n) is 2.55. The molecule has 5 heteroatoms. The highest BCUT2D eigenvalue weighted by atomic mass is 79.9. The molecule has 0 fully saturated rings. The Morgan fingerprint density at radius 3 is 2.74 bits per heavy atom. The SMILES string of the molecule is Cc1ccc(/C=N/NC(=O)c2ccc(C)c(Br)c2)s1. The van der Waals surface area contributed by atoms with E-state index in [4.69, 9.17) is 0 Å². The van der Waals surface area contributed by atoms with E-state index in [1.165, 1.54) is 4.88 Å². The molecular formula is C14H13BrN2OS. The summed E-state index contributed by atoms with van der Waals surface area (Å²) in [5.74, 6) is -0.217. The van der Waals surface area contributed by atoms with Gasteiger partial charge in [0, 0.05) is 19.8 Å². The molecule has 19 heavy (non-hydrogen) atoms. The average Bonchev–Trinajstić information content (AvgIpc) is 2.78. The Bertz CT molecular complexity index is 634. The van der Waals surface area contributed by atoms with Gasteiger partial charge in [-0.2, -0.15) is 5.10 Å². The van der Waals surface area contributed by atoms with Crippen molar-refractivity contribution < 1.29 is 4.79 Å². The zero-order chi connectivity index (χ0) is 13.8. The van der Waals surface area contributed by atoms with E-state index in [1.54, 1.807) is 29.7 Å². The van der Waals surface area contributed by atoms with E-state index in [0.717, 1.165) is 14.9 Å². The van der Waals surface area contributed by atoms with Gasteiger partial charge in [-0.1, -0.05) is 22.0 Å². The van der Waals surface area contributed by atoms with E-state index < -0.39 is 0 Å². The molecule has 0 bridgehead atoms. The molecule has 0 spiro atoms. The van der Waals surface area contributed by atoms with Gasteiger partial charge < -0.3 is 0 Å². The number of hydrazone groups is 1. The highest BCUT2D eigenvalue weighted by Gasteiger charge is 2.05. The number of nitrogens with zero attached hydrogens (tertiary/aromatic N) is 1. The summed E-state index contributed by atoms with van der Waals surface area (Å²) in [5.41, 5.74) is 4.19. The fourth-order valence-electron chi connectivity index (χ4n) is 1.48. The first-order valence-electron chi connectivity index (χ1n) is 5.72. The molecule has 1 amide bonds. The number of aryl methyl sites for hydroxylation is 2. The summed E-state index contributed by atoms with van der Waals surface area (Å²) in [6.07, 6.45) is 1.65. The summed E-state index contributed by atoms with van der Waals surface area (Å²) in [4.78, 5) is 14.1. The van der Waals surface area contributed by atoms with Gasteiger partial charge in [0.05, 0.1) is 6.21 Å². The van der Waals surface area contributed by atoms with Crippen LogP contribution in [0.2, 0.25) is 0 Å². The number of halogens is 1. The number of amides is 1. The molecule has 0 saturated heterocycles. The predicted octanol–water partition coefficient (Wildman–Crippen LogP) is 3.89. The number of nitrogens with one attached hydrogen (secondary N) is 1. The van der Waals surface area contributed by atoms with Crippen LogP contribution in [0.15, 0.2) is 39.9 Å². The molecule has 2 rings (SSSR count). The second-order valence-electron chi connectivity index (χ2n) is 4.11. The molecular weight excluding hydrogens is 324 g/mol. The Hall–Kier alpha value is -1.46. The van der Waals surface area contributed by atoms with E-state index >= 15 is 0 Å². The van der Waals surface area contributed by atoms with E-state index in [2.05, 4.69) is 26.5 Å². The molecule has 0 aliphatic carbocycles. The van der Waals surface area contributed by atoms with Crippen molar-refractivity contribution in [1.29, 1.82) is 0 Å². The van der Waals surface area contributed by atoms with Crippen LogP contribution in [0.4, 0.5) is 0 Å². The third kappa shape index (κ3) is 3.75. The van der Waals surface area contributed by atoms with Gasteiger partial charge in [-0.05, 0) is 43.7 Å². The highest BCUT2D eigenvalue weighted by Crippen LogP contribution is 2.17. The second kappa shape index (κ2) is 6.12. The third-order valence-corrected chi connectivity index (χ3v) is 4.34. The first-order chi connectivity index (χ1) is 9.06. The lowest BCUT2D eigenvalue weighted by Crippen LogP contribution is -2.17. The zero-order valence-corrected chi connectivity index (χ0v) is 13.0. The largest absolute Gasteiger partial charge is 0.271 e. The van der Waals surface area contributed by atoms with E-state index in [-0.39, 0.29) is 5.91 Å². The van der Waals surface area contributed by atoms with Gasteiger partial charge in [-0.25, -0.2) is 5.43 Å². The van der Waals surface area contributed by atoms with Crippen molar-refractivity contribution in [3.05, 3.63) is 55.7 Å². The van der Waals surface area contributed by atoms with Crippen LogP contribution in [0.25, 0.3) is 0 Å². The van der Waals surface area contributed by atoms with Gasteiger partial charge in [-0.3, -0.25) is 4.79 Å². The van der Waals surface area contributed by atoms with E-state index in [1.807, 2.05) is 32.0 Å². The van der Waals surface area contributed by atoms with Crippen LogP contribution >= 0.6 is 27.3 Å². The number of thiophene rings is 1. The van der Waals surface area contributed by atoms with Crippen molar-refractivity contribution >= 4 is 39.4 Å². The van der Waals surface area contributed by atoms with Crippen molar-refractivity contribution in [2.75, 3.05) is 0 Å². The number of rotatable bonds is 3. The Labute approximate surface area is 124 Å². The molecule has 1 aromatic carbocycles. The van der Waals surface area contributed by atoms with Crippen molar-refractivity contribution in [3.63, 3.8) is 0 Å². The fraction of sp³-hybridized carbons (Fsp3) is 0.143. The molecule has 1 heterocycles. The fourth-order valence-corrected chi connectivity index (χ4v) is 2.60. The Morgan fingerprint density at radius 2 is 2.11 bits per heavy atom. The van der Waals surface area contributed by atoms with Gasteiger partial charge in [0.15, 0.2) is 0 Å². The number of carbonyl (C=O) groups is 1. The van der Waals surface area contributed by atoms with Crippen LogP contribution in [0.5, 0.6) is 0 Å². The van der Waals surface area contributed by atoms with E-state index in [0.29, 0.717) is 5.56 Å². The zero-order valence-electron chi connectivity index (χ0n) is 10.6. The monoisotopic (exact) mass is 336 g/mol. The lowest BCUT2D eigenvalue weighted by atomic mass is 10.1. The van der Waals surface area contributed by atoms with Crippen molar-refractivity contribution in [2.45, 2.75) is 13.8 Å². The molecule has 0 aliphatic heterocycles. The molecule has 2 aromatic rings. The summed E-state index contributed by atoms with van der Waals surface area (Å²) in [6.45, 7) is 4.01.